The van der Waals surface area contributed by atoms with E-state index in [0.717, 1.165) is 5.56 Å². The Bertz CT molecular complexity index is 731. The van der Waals surface area contributed by atoms with Gasteiger partial charge in [0, 0.05) is 12.1 Å². The first-order valence-electron chi connectivity index (χ1n) is 6.78. The van der Waals surface area contributed by atoms with Crippen LogP contribution < -0.4 is 10.1 Å². The van der Waals surface area contributed by atoms with E-state index in [1.807, 2.05) is 0 Å². The molecule has 2 rings (SSSR count). The number of hydrogen-bond donors (Lipinski definition) is 2. The van der Waals surface area contributed by atoms with Crippen molar-refractivity contribution in [3.8, 4) is 5.75 Å². The third kappa shape index (κ3) is 4.86. The Morgan fingerprint density at radius 1 is 1.09 bits per heavy atom. The quantitative estimate of drug-likeness (QED) is 0.804. The molecule has 0 aliphatic heterocycles. The first-order chi connectivity index (χ1) is 11.1. The zero-order valence-corrected chi connectivity index (χ0v) is 12.2. The number of rotatable bonds is 6. The molecule has 6 heteroatoms. The van der Waals surface area contributed by atoms with Crippen molar-refractivity contribution in [2.75, 3.05) is 6.61 Å². The number of carboxylic acid groups (broad SMARTS) is 1. The highest BCUT2D eigenvalue weighted by atomic mass is 16.5. The molecule has 0 aliphatic rings. The zero-order chi connectivity index (χ0) is 16.7. The first-order valence-corrected chi connectivity index (χ1v) is 6.78. The van der Waals surface area contributed by atoms with Crippen molar-refractivity contribution in [1.29, 1.82) is 0 Å². The molecule has 0 spiro atoms. The lowest BCUT2D eigenvalue weighted by molar-refractivity contribution is -0.139. The summed E-state index contributed by atoms with van der Waals surface area (Å²) < 4.78 is 5.03. The second kappa shape index (κ2) is 7.61. The van der Waals surface area contributed by atoms with Crippen LogP contribution in [0.5, 0.6) is 5.75 Å². The van der Waals surface area contributed by atoms with Gasteiger partial charge in [-0.1, -0.05) is 36.4 Å². The van der Waals surface area contributed by atoms with Gasteiger partial charge in [0.25, 0.3) is 5.91 Å². The molecule has 0 aromatic heterocycles. The van der Waals surface area contributed by atoms with Crippen LogP contribution in [0.4, 0.5) is 5.69 Å². The van der Waals surface area contributed by atoms with E-state index < -0.39 is 12.6 Å². The number of nitrogens with one attached hydrogen (secondary N) is 1. The van der Waals surface area contributed by atoms with Gasteiger partial charge in [0.05, 0.1) is 6.57 Å². The molecule has 1 amide bonds. The van der Waals surface area contributed by atoms with Crippen molar-refractivity contribution in [1.82, 2.24) is 5.32 Å². The van der Waals surface area contributed by atoms with Gasteiger partial charge in [-0.15, -0.1) is 0 Å². The second-order valence-corrected chi connectivity index (χ2v) is 4.67. The maximum atomic E-state index is 12.0. The summed E-state index contributed by atoms with van der Waals surface area (Å²) in [5.74, 6) is -0.810. The normalized spacial score (nSPS) is 9.70. The fourth-order valence-corrected chi connectivity index (χ4v) is 1.82. The van der Waals surface area contributed by atoms with Crippen molar-refractivity contribution >= 4 is 17.6 Å². The summed E-state index contributed by atoms with van der Waals surface area (Å²) >= 11 is 0. The van der Waals surface area contributed by atoms with Crippen LogP contribution >= 0.6 is 0 Å². The summed E-state index contributed by atoms with van der Waals surface area (Å²) in [4.78, 5) is 25.7. The van der Waals surface area contributed by atoms with Gasteiger partial charge in [-0.2, -0.15) is 0 Å². The maximum Gasteiger partial charge on any atom is 0.341 e. The fraction of sp³-hybridized carbons (Fsp3) is 0.118. The van der Waals surface area contributed by atoms with Crippen LogP contribution in [0.3, 0.4) is 0 Å². The average molecular weight is 310 g/mol. The van der Waals surface area contributed by atoms with E-state index in [4.69, 9.17) is 16.4 Å². The van der Waals surface area contributed by atoms with Crippen molar-refractivity contribution in [3.05, 3.63) is 71.1 Å². The van der Waals surface area contributed by atoms with Crippen LogP contribution in [-0.2, 0) is 11.3 Å². The van der Waals surface area contributed by atoms with Crippen LogP contribution in [0.2, 0.25) is 0 Å². The van der Waals surface area contributed by atoms with Gasteiger partial charge in [-0.25, -0.2) is 9.64 Å². The summed E-state index contributed by atoms with van der Waals surface area (Å²) in [5.41, 5.74) is 1.83. The average Bonchev–Trinajstić information content (AvgIpc) is 2.58. The Kier molecular flexibility index (Phi) is 5.31. The van der Waals surface area contributed by atoms with Crippen molar-refractivity contribution in [3.63, 3.8) is 0 Å². The van der Waals surface area contributed by atoms with Gasteiger partial charge < -0.3 is 15.2 Å². The number of aliphatic carboxylic acids is 1. The molecule has 0 radical (unpaired) electrons. The minimum atomic E-state index is -1.04. The molecule has 2 N–H and O–H groups in total. The van der Waals surface area contributed by atoms with E-state index in [9.17, 15) is 9.59 Å². The predicted molar refractivity (Wildman–Crippen MR) is 83.4 cm³/mol. The van der Waals surface area contributed by atoms with E-state index >= 15 is 0 Å². The molecule has 116 valence electrons. The first kappa shape index (κ1) is 16.0. The molecule has 0 bridgehead atoms. The van der Waals surface area contributed by atoms with Gasteiger partial charge in [-0.3, -0.25) is 4.79 Å². The van der Waals surface area contributed by atoms with Gasteiger partial charge in [-0.05, 0) is 17.7 Å². The lowest BCUT2D eigenvalue weighted by Crippen LogP contribution is -2.22. The molecule has 2 aromatic carbocycles. The van der Waals surface area contributed by atoms with E-state index in [0.29, 0.717) is 23.5 Å². The lowest BCUT2D eigenvalue weighted by Gasteiger charge is -2.07. The Balaban J connectivity index is 1.88. The fourth-order valence-electron chi connectivity index (χ4n) is 1.82. The molecular weight excluding hydrogens is 296 g/mol. The van der Waals surface area contributed by atoms with Crippen molar-refractivity contribution in [2.45, 2.75) is 6.54 Å². The van der Waals surface area contributed by atoms with Crippen molar-refractivity contribution in [2.24, 2.45) is 0 Å². The Labute approximate surface area is 133 Å². The number of benzene rings is 2. The number of nitrogens with zero attached hydrogens (tertiary/aromatic N) is 1. The van der Waals surface area contributed by atoms with Crippen LogP contribution in [0.25, 0.3) is 4.85 Å². The molecule has 0 saturated heterocycles. The van der Waals surface area contributed by atoms with Crippen molar-refractivity contribution < 1.29 is 19.4 Å². The second-order valence-electron chi connectivity index (χ2n) is 4.67. The molecule has 0 unspecified atom stereocenters. The van der Waals surface area contributed by atoms with Crippen LogP contribution in [0.1, 0.15) is 15.9 Å². The molecule has 0 aliphatic carbocycles. The van der Waals surface area contributed by atoms with Gasteiger partial charge in [0.2, 0.25) is 0 Å². The van der Waals surface area contributed by atoms with Gasteiger partial charge in [0.15, 0.2) is 12.3 Å². The summed E-state index contributed by atoms with van der Waals surface area (Å²) in [6.07, 6.45) is 0. The largest absolute Gasteiger partial charge is 0.482 e. The lowest BCUT2D eigenvalue weighted by atomic mass is 10.1. The third-order valence-corrected chi connectivity index (χ3v) is 3.00. The van der Waals surface area contributed by atoms with E-state index in [-0.39, 0.29) is 5.91 Å². The summed E-state index contributed by atoms with van der Waals surface area (Å²) in [7, 11) is 0. The highest BCUT2D eigenvalue weighted by Gasteiger charge is 2.05. The van der Waals surface area contributed by atoms with Crippen LogP contribution in [0, 0.1) is 6.57 Å². The van der Waals surface area contributed by atoms with E-state index in [1.54, 1.807) is 48.5 Å². The molecule has 0 atom stereocenters. The maximum absolute atomic E-state index is 12.0. The number of carbonyl (C=O) groups is 2. The predicted octanol–water partition coefficient (Wildman–Crippen LogP) is 2.63. The molecule has 6 nitrogen and oxygen atoms in total. The van der Waals surface area contributed by atoms with Crippen LogP contribution in [-0.4, -0.2) is 23.6 Å². The molecule has 0 fully saturated rings. The number of ether oxygens (including phenoxy) is 1. The highest BCUT2D eigenvalue weighted by molar-refractivity contribution is 5.94. The standard InChI is InChI=1S/C17H14N2O4/c1-18-14-6-4-13(5-7-14)17(22)19-10-12-2-8-15(9-3-12)23-11-16(20)21/h2-9H,10-11H2,(H,19,22)(H,20,21). The number of amides is 1. The Morgan fingerprint density at radius 2 is 1.74 bits per heavy atom. The molecule has 0 saturated carbocycles. The zero-order valence-electron chi connectivity index (χ0n) is 12.2. The molecule has 0 heterocycles. The minimum Gasteiger partial charge on any atom is -0.482 e. The Hall–Kier alpha value is -3.33. The van der Waals surface area contributed by atoms with Crippen LogP contribution in [0.15, 0.2) is 48.5 Å². The number of hydrogen-bond acceptors (Lipinski definition) is 3. The Morgan fingerprint density at radius 3 is 2.30 bits per heavy atom. The topological polar surface area (TPSA) is 80.0 Å². The monoisotopic (exact) mass is 310 g/mol. The van der Waals surface area contributed by atoms with Gasteiger partial charge in [0.1, 0.15) is 5.75 Å². The SMILES string of the molecule is [C-]#[N+]c1ccc(C(=O)NCc2ccc(OCC(=O)O)cc2)cc1. The summed E-state index contributed by atoms with van der Waals surface area (Å²) in [6.45, 7) is 6.81. The number of carboxylic acids is 1. The minimum absolute atomic E-state index is 0.229. The van der Waals surface area contributed by atoms with E-state index in [1.165, 1.54) is 0 Å². The smallest absolute Gasteiger partial charge is 0.341 e. The highest BCUT2D eigenvalue weighted by Crippen LogP contribution is 2.14. The summed E-state index contributed by atoms with van der Waals surface area (Å²) in [5, 5.41) is 11.3. The number of carbonyl (C=O) groups excluding carboxylic acids is 1. The molecule has 23 heavy (non-hydrogen) atoms. The summed E-state index contributed by atoms with van der Waals surface area (Å²) in [6, 6.07) is 13.2. The molecular formula is C17H14N2O4. The van der Waals surface area contributed by atoms with E-state index in [2.05, 4.69) is 10.2 Å². The third-order valence-electron chi connectivity index (χ3n) is 3.00. The molecule has 2 aromatic rings. The van der Waals surface area contributed by atoms with Gasteiger partial charge >= 0.3 is 5.97 Å².